The molecule has 8 heteroatoms. The van der Waals surface area contributed by atoms with Gasteiger partial charge in [-0.2, -0.15) is 0 Å². The number of rotatable bonds is 4. The van der Waals surface area contributed by atoms with Crippen LogP contribution in [0.3, 0.4) is 0 Å². The summed E-state index contributed by atoms with van der Waals surface area (Å²) in [5.74, 6) is -1.75. The van der Waals surface area contributed by atoms with Crippen molar-refractivity contribution < 1.29 is 14.0 Å². The van der Waals surface area contributed by atoms with E-state index < -0.39 is 24.1 Å². The monoisotopic (exact) mass is 374 g/mol. The highest BCUT2D eigenvalue weighted by atomic mass is 35.5. The zero-order valence-corrected chi connectivity index (χ0v) is 13.8. The number of carbonyl (C=O) groups excluding carboxylic acids is 2. The van der Waals surface area contributed by atoms with Gasteiger partial charge in [0.15, 0.2) is 0 Å². The molecule has 0 radical (unpaired) electrons. The summed E-state index contributed by atoms with van der Waals surface area (Å²) >= 11 is 17.4. The summed E-state index contributed by atoms with van der Waals surface area (Å²) in [6, 6.07) is 8.45. The van der Waals surface area contributed by atoms with E-state index in [1.54, 1.807) is 18.2 Å². The Bertz CT molecular complexity index is 768. The van der Waals surface area contributed by atoms with Gasteiger partial charge in [-0.25, -0.2) is 4.39 Å². The van der Waals surface area contributed by atoms with E-state index in [-0.39, 0.29) is 20.8 Å². The van der Waals surface area contributed by atoms with Crippen molar-refractivity contribution in [2.24, 2.45) is 0 Å². The summed E-state index contributed by atoms with van der Waals surface area (Å²) in [7, 11) is 0. The highest BCUT2D eigenvalue weighted by molar-refractivity contribution is 6.44. The van der Waals surface area contributed by atoms with Crippen LogP contribution in [-0.4, -0.2) is 11.8 Å². The number of amides is 2. The fraction of sp³-hybridized carbons (Fsp3) is 0.0667. The minimum absolute atomic E-state index is 0.127. The van der Waals surface area contributed by atoms with Gasteiger partial charge in [-0.1, -0.05) is 40.9 Å². The molecular formula is C15H10Cl3FN2O2. The van der Waals surface area contributed by atoms with Crippen molar-refractivity contribution >= 4 is 58.0 Å². The van der Waals surface area contributed by atoms with Crippen molar-refractivity contribution in [1.82, 2.24) is 0 Å². The van der Waals surface area contributed by atoms with Gasteiger partial charge in [0.25, 0.3) is 0 Å². The molecule has 120 valence electrons. The van der Waals surface area contributed by atoms with Crippen LogP contribution in [0.25, 0.3) is 0 Å². The first kappa shape index (κ1) is 17.5. The van der Waals surface area contributed by atoms with Gasteiger partial charge in [-0.3, -0.25) is 9.59 Å². The topological polar surface area (TPSA) is 58.2 Å². The van der Waals surface area contributed by atoms with Crippen molar-refractivity contribution in [2.45, 2.75) is 6.42 Å². The predicted octanol–water partition coefficient (Wildman–Crippen LogP) is 4.75. The largest absolute Gasteiger partial charge is 0.326 e. The smallest absolute Gasteiger partial charge is 0.233 e. The number of hydrogen-bond acceptors (Lipinski definition) is 2. The Morgan fingerprint density at radius 2 is 1.65 bits per heavy atom. The van der Waals surface area contributed by atoms with Gasteiger partial charge in [0.1, 0.15) is 12.2 Å². The number of halogens is 4. The van der Waals surface area contributed by atoms with E-state index in [0.717, 1.165) is 6.07 Å². The van der Waals surface area contributed by atoms with E-state index in [2.05, 4.69) is 10.6 Å². The highest BCUT2D eigenvalue weighted by Crippen LogP contribution is 2.29. The Kier molecular flexibility index (Phi) is 5.82. The van der Waals surface area contributed by atoms with Crippen LogP contribution in [0.5, 0.6) is 0 Å². The average molecular weight is 376 g/mol. The molecular weight excluding hydrogens is 366 g/mol. The van der Waals surface area contributed by atoms with Crippen molar-refractivity contribution in [3.05, 3.63) is 57.3 Å². The molecule has 2 aromatic rings. The van der Waals surface area contributed by atoms with Crippen LogP contribution in [0.2, 0.25) is 15.1 Å². The third-order valence-corrected chi connectivity index (χ3v) is 3.86. The van der Waals surface area contributed by atoms with Crippen molar-refractivity contribution in [3.8, 4) is 0 Å². The van der Waals surface area contributed by atoms with Crippen LogP contribution in [-0.2, 0) is 9.59 Å². The average Bonchev–Trinajstić information content (AvgIpc) is 2.47. The molecule has 0 aromatic heterocycles. The van der Waals surface area contributed by atoms with E-state index >= 15 is 0 Å². The molecule has 0 saturated heterocycles. The van der Waals surface area contributed by atoms with Crippen LogP contribution in [0.4, 0.5) is 15.8 Å². The second-order valence-electron chi connectivity index (χ2n) is 4.50. The van der Waals surface area contributed by atoms with Gasteiger partial charge >= 0.3 is 0 Å². The molecule has 0 unspecified atom stereocenters. The molecule has 0 bridgehead atoms. The molecule has 0 aliphatic carbocycles. The van der Waals surface area contributed by atoms with Crippen LogP contribution >= 0.6 is 34.8 Å². The molecule has 2 rings (SSSR count). The molecule has 0 aliphatic rings. The first-order valence-electron chi connectivity index (χ1n) is 6.35. The lowest BCUT2D eigenvalue weighted by atomic mass is 10.2. The fourth-order valence-electron chi connectivity index (χ4n) is 1.72. The molecule has 23 heavy (non-hydrogen) atoms. The third-order valence-electron chi connectivity index (χ3n) is 2.75. The van der Waals surface area contributed by atoms with Gasteiger partial charge in [0.05, 0.1) is 20.8 Å². The van der Waals surface area contributed by atoms with Gasteiger partial charge in [0, 0.05) is 5.69 Å². The number of carbonyl (C=O) groups is 2. The summed E-state index contributed by atoms with van der Waals surface area (Å²) < 4.78 is 13.0. The lowest BCUT2D eigenvalue weighted by molar-refractivity contribution is -0.123. The summed E-state index contributed by atoms with van der Waals surface area (Å²) in [6.45, 7) is 0. The van der Waals surface area contributed by atoms with Crippen LogP contribution in [0, 0.1) is 5.82 Å². The van der Waals surface area contributed by atoms with Crippen LogP contribution in [0.1, 0.15) is 6.42 Å². The Morgan fingerprint density at radius 1 is 0.957 bits per heavy atom. The number of anilines is 2. The molecule has 4 nitrogen and oxygen atoms in total. The standard InChI is InChI=1S/C15H10Cl3FN2O2/c16-9-2-1-3-12(15(9)18)21-14(23)7-13(22)20-8-4-5-11(19)10(17)6-8/h1-6H,7H2,(H,20,22)(H,21,23). The second kappa shape index (κ2) is 7.64. The number of nitrogens with one attached hydrogen (secondary N) is 2. The second-order valence-corrected chi connectivity index (χ2v) is 5.70. The molecule has 0 fully saturated rings. The van der Waals surface area contributed by atoms with Gasteiger partial charge in [-0.15, -0.1) is 0 Å². The molecule has 2 aromatic carbocycles. The minimum atomic E-state index is -0.599. The van der Waals surface area contributed by atoms with E-state index in [9.17, 15) is 14.0 Å². The van der Waals surface area contributed by atoms with Gasteiger partial charge in [-0.05, 0) is 30.3 Å². The van der Waals surface area contributed by atoms with E-state index in [1.807, 2.05) is 0 Å². The van der Waals surface area contributed by atoms with Crippen molar-refractivity contribution in [2.75, 3.05) is 10.6 Å². The fourth-order valence-corrected chi connectivity index (χ4v) is 2.25. The zero-order valence-electron chi connectivity index (χ0n) is 11.5. The predicted molar refractivity (Wildman–Crippen MR) is 89.7 cm³/mol. The lowest BCUT2D eigenvalue weighted by Crippen LogP contribution is -2.21. The molecule has 0 heterocycles. The molecule has 2 N–H and O–H groups in total. The maximum atomic E-state index is 13.0. The Hall–Kier alpha value is -1.82. The molecule has 2 amide bonds. The summed E-state index contributed by atoms with van der Waals surface area (Å²) in [4.78, 5) is 23.6. The summed E-state index contributed by atoms with van der Waals surface area (Å²) in [6.07, 6.45) is -0.447. The lowest BCUT2D eigenvalue weighted by Gasteiger charge is -2.09. The Morgan fingerprint density at radius 3 is 2.35 bits per heavy atom. The van der Waals surface area contributed by atoms with Gasteiger partial charge in [0.2, 0.25) is 11.8 Å². The van der Waals surface area contributed by atoms with Crippen LogP contribution in [0.15, 0.2) is 36.4 Å². The normalized spacial score (nSPS) is 10.3. The molecule has 0 saturated carbocycles. The first-order chi connectivity index (χ1) is 10.9. The maximum absolute atomic E-state index is 13.0. The highest BCUT2D eigenvalue weighted by Gasteiger charge is 2.13. The Balaban J connectivity index is 1.95. The molecule has 0 spiro atoms. The molecule has 0 aliphatic heterocycles. The summed E-state index contributed by atoms with van der Waals surface area (Å²) in [5, 5.41) is 5.28. The summed E-state index contributed by atoms with van der Waals surface area (Å²) in [5.41, 5.74) is 0.594. The number of benzene rings is 2. The van der Waals surface area contributed by atoms with Gasteiger partial charge < -0.3 is 10.6 Å². The van der Waals surface area contributed by atoms with E-state index in [1.165, 1.54) is 12.1 Å². The molecule has 0 atom stereocenters. The minimum Gasteiger partial charge on any atom is -0.326 e. The first-order valence-corrected chi connectivity index (χ1v) is 7.49. The zero-order chi connectivity index (χ0) is 17.0. The maximum Gasteiger partial charge on any atom is 0.233 e. The number of hydrogen-bond donors (Lipinski definition) is 2. The van der Waals surface area contributed by atoms with Crippen molar-refractivity contribution in [1.29, 1.82) is 0 Å². The Labute approximate surface area is 146 Å². The quantitative estimate of drug-likeness (QED) is 0.757. The third kappa shape index (κ3) is 4.82. The van der Waals surface area contributed by atoms with Crippen molar-refractivity contribution in [3.63, 3.8) is 0 Å². The SMILES string of the molecule is O=C(CC(=O)Nc1cccc(Cl)c1Cl)Nc1ccc(F)c(Cl)c1. The van der Waals surface area contributed by atoms with Crippen LogP contribution < -0.4 is 10.6 Å². The van der Waals surface area contributed by atoms with E-state index in [0.29, 0.717) is 5.69 Å². The van der Waals surface area contributed by atoms with E-state index in [4.69, 9.17) is 34.8 Å².